The molecule has 1 aliphatic rings. The van der Waals surface area contributed by atoms with Gasteiger partial charge in [-0.1, -0.05) is 5.16 Å². The summed E-state index contributed by atoms with van der Waals surface area (Å²) in [6.45, 7) is 3.80. The molecular weight excluding hydrogens is 288 g/mol. The second-order valence-corrected chi connectivity index (χ2v) is 5.44. The van der Waals surface area contributed by atoms with Gasteiger partial charge in [0.25, 0.3) is 0 Å². The van der Waals surface area contributed by atoms with E-state index in [0.29, 0.717) is 24.5 Å². The monoisotopic (exact) mass is 310 g/mol. The molecule has 2 amide bonds. The lowest BCUT2D eigenvalue weighted by atomic mass is 10.1. The number of ether oxygens (including phenoxy) is 1. The highest BCUT2D eigenvalue weighted by molar-refractivity contribution is 5.88. The fourth-order valence-corrected chi connectivity index (χ4v) is 2.45. The number of likely N-dealkylation sites (N-methyl/N-ethyl adjacent to an activating group) is 1. The minimum atomic E-state index is -0.519. The Kier molecular flexibility index (Phi) is 5.51. The Morgan fingerprint density at radius 3 is 2.91 bits per heavy atom. The van der Waals surface area contributed by atoms with E-state index in [0.717, 1.165) is 6.54 Å². The summed E-state index contributed by atoms with van der Waals surface area (Å²) in [6, 6.07) is 1.25. The molecule has 0 radical (unpaired) electrons. The summed E-state index contributed by atoms with van der Waals surface area (Å²) >= 11 is 0. The molecule has 1 saturated heterocycles. The van der Waals surface area contributed by atoms with Crippen molar-refractivity contribution in [2.45, 2.75) is 19.5 Å². The van der Waals surface area contributed by atoms with Crippen LogP contribution in [0.25, 0.3) is 0 Å². The number of aromatic nitrogens is 1. The highest BCUT2D eigenvalue weighted by Gasteiger charge is 2.33. The zero-order valence-electron chi connectivity index (χ0n) is 13.2. The van der Waals surface area contributed by atoms with Crippen LogP contribution in [-0.4, -0.2) is 73.2 Å². The number of hydrogen-bond donors (Lipinski definition) is 1. The second-order valence-electron chi connectivity index (χ2n) is 5.44. The van der Waals surface area contributed by atoms with Crippen LogP contribution >= 0.6 is 0 Å². The Morgan fingerprint density at radius 1 is 1.50 bits per heavy atom. The van der Waals surface area contributed by atoms with Crippen LogP contribution in [-0.2, 0) is 20.9 Å². The molecule has 8 nitrogen and oxygen atoms in total. The topological polar surface area (TPSA) is 87.9 Å². The van der Waals surface area contributed by atoms with Gasteiger partial charge in [0.05, 0.1) is 6.54 Å². The van der Waals surface area contributed by atoms with E-state index < -0.39 is 6.04 Å². The van der Waals surface area contributed by atoms with Gasteiger partial charge in [0, 0.05) is 32.8 Å². The summed E-state index contributed by atoms with van der Waals surface area (Å²) in [5, 5.41) is 6.64. The first-order chi connectivity index (χ1) is 10.5. The quantitative estimate of drug-likeness (QED) is 0.780. The fourth-order valence-electron chi connectivity index (χ4n) is 2.45. The molecule has 2 heterocycles. The van der Waals surface area contributed by atoms with Crippen LogP contribution < -0.4 is 5.32 Å². The first-order valence-electron chi connectivity index (χ1n) is 7.18. The number of aryl methyl sites for hydroxylation is 1. The average Bonchev–Trinajstić information content (AvgIpc) is 2.90. The van der Waals surface area contributed by atoms with Gasteiger partial charge >= 0.3 is 0 Å². The number of carbonyl (C=O) groups is 2. The molecule has 2 rings (SSSR count). The number of hydrogen-bond acceptors (Lipinski definition) is 6. The van der Waals surface area contributed by atoms with Crippen LogP contribution in [0.3, 0.4) is 0 Å². The van der Waals surface area contributed by atoms with Crippen molar-refractivity contribution in [2.75, 3.05) is 40.4 Å². The second kappa shape index (κ2) is 7.37. The van der Waals surface area contributed by atoms with Gasteiger partial charge in [-0.3, -0.25) is 9.59 Å². The molecule has 1 aromatic heterocycles. The molecule has 1 aliphatic heterocycles. The maximum absolute atomic E-state index is 12.4. The van der Waals surface area contributed by atoms with E-state index >= 15 is 0 Å². The molecule has 0 saturated carbocycles. The van der Waals surface area contributed by atoms with Crippen LogP contribution in [0, 0.1) is 6.92 Å². The zero-order valence-corrected chi connectivity index (χ0v) is 13.2. The zero-order chi connectivity index (χ0) is 16.1. The highest BCUT2D eigenvalue weighted by atomic mass is 16.5. The molecule has 0 spiro atoms. The number of nitrogens with zero attached hydrogens (tertiary/aromatic N) is 3. The third-order valence-corrected chi connectivity index (χ3v) is 3.59. The van der Waals surface area contributed by atoms with Gasteiger partial charge < -0.3 is 24.4 Å². The summed E-state index contributed by atoms with van der Waals surface area (Å²) in [4.78, 5) is 28.1. The summed E-state index contributed by atoms with van der Waals surface area (Å²) in [6.07, 6.45) is 0. The maximum Gasteiger partial charge on any atom is 0.249 e. The van der Waals surface area contributed by atoms with E-state index in [1.807, 2.05) is 11.9 Å². The summed E-state index contributed by atoms with van der Waals surface area (Å²) in [5.74, 6) is 0.322. The van der Waals surface area contributed by atoms with Crippen LogP contribution in [0.1, 0.15) is 11.5 Å². The van der Waals surface area contributed by atoms with Crippen molar-refractivity contribution in [3.63, 3.8) is 0 Å². The molecule has 0 aliphatic carbocycles. The van der Waals surface area contributed by atoms with E-state index in [1.54, 1.807) is 17.9 Å². The largest absolute Gasteiger partial charge is 0.375 e. The van der Waals surface area contributed by atoms with Gasteiger partial charge in [-0.15, -0.1) is 0 Å². The van der Waals surface area contributed by atoms with Crippen molar-refractivity contribution >= 4 is 11.8 Å². The molecular formula is C14H22N4O4. The van der Waals surface area contributed by atoms with Gasteiger partial charge in [0.15, 0.2) is 0 Å². The van der Waals surface area contributed by atoms with Crippen molar-refractivity contribution in [2.24, 2.45) is 0 Å². The third-order valence-electron chi connectivity index (χ3n) is 3.59. The normalized spacial score (nSPS) is 19.2. The minimum absolute atomic E-state index is 0.0179. The molecule has 122 valence electrons. The first kappa shape index (κ1) is 16.4. The standard InChI is InChI=1S/C14H22N4O4/c1-10-6-11(16-22-10)7-15-14(20)12-8-17(2)4-5-18(12)13(19)9-21-3/h6,12H,4-5,7-9H2,1-3H3,(H,15,20)/t12-/m1/s1. The minimum Gasteiger partial charge on any atom is -0.375 e. The molecule has 1 aromatic rings. The van der Waals surface area contributed by atoms with Gasteiger partial charge in [-0.05, 0) is 14.0 Å². The highest BCUT2D eigenvalue weighted by Crippen LogP contribution is 2.10. The van der Waals surface area contributed by atoms with Gasteiger partial charge in [0.2, 0.25) is 11.8 Å². The predicted octanol–water partition coefficient (Wildman–Crippen LogP) is -0.612. The Labute approximate surface area is 129 Å². The summed E-state index contributed by atoms with van der Waals surface area (Å²) in [5.41, 5.74) is 0.657. The Hall–Kier alpha value is -1.93. The average molecular weight is 310 g/mol. The SMILES string of the molecule is COCC(=O)N1CCN(C)C[C@@H]1C(=O)NCc1cc(C)on1. The van der Waals surface area contributed by atoms with Crippen LogP contribution in [0.5, 0.6) is 0 Å². The fraction of sp³-hybridized carbons (Fsp3) is 0.643. The Bertz CT molecular complexity index is 531. The lowest BCUT2D eigenvalue weighted by Crippen LogP contribution is -2.60. The van der Waals surface area contributed by atoms with Gasteiger partial charge in [-0.2, -0.15) is 0 Å². The first-order valence-corrected chi connectivity index (χ1v) is 7.18. The molecule has 22 heavy (non-hydrogen) atoms. The lowest BCUT2D eigenvalue weighted by molar-refractivity contribution is -0.146. The summed E-state index contributed by atoms with van der Waals surface area (Å²) < 4.78 is 9.84. The van der Waals surface area contributed by atoms with E-state index in [-0.39, 0.29) is 25.0 Å². The summed E-state index contributed by atoms with van der Waals surface area (Å²) in [7, 11) is 3.40. The molecule has 0 bridgehead atoms. The molecule has 0 aromatic carbocycles. The van der Waals surface area contributed by atoms with Gasteiger partial charge in [0.1, 0.15) is 24.1 Å². The van der Waals surface area contributed by atoms with E-state index in [9.17, 15) is 9.59 Å². The smallest absolute Gasteiger partial charge is 0.249 e. The number of nitrogens with one attached hydrogen (secondary N) is 1. The number of methoxy groups -OCH3 is 1. The van der Waals surface area contributed by atoms with Crippen LogP contribution in [0.4, 0.5) is 0 Å². The molecule has 0 unspecified atom stereocenters. The lowest BCUT2D eigenvalue weighted by Gasteiger charge is -2.38. The molecule has 1 atom stereocenters. The van der Waals surface area contributed by atoms with Crippen molar-refractivity contribution in [3.8, 4) is 0 Å². The van der Waals surface area contributed by atoms with Crippen LogP contribution in [0.2, 0.25) is 0 Å². The van der Waals surface area contributed by atoms with E-state index in [1.165, 1.54) is 7.11 Å². The predicted molar refractivity (Wildman–Crippen MR) is 78.0 cm³/mol. The van der Waals surface area contributed by atoms with Crippen molar-refractivity contribution in [1.82, 2.24) is 20.3 Å². The number of rotatable bonds is 5. The van der Waals surface area contributed by atoms with E-state index in [2.05, 4.69) is 10.5 Å². The number of piperazine rings is 1. The van der Waals surface area contributed by atoms with E-state index in [4.69, 9.17) is 9.26 Å². The van der Waals surface area contributed by atoms with Crippen molar-refractivity contribution in [3.05, 3.63) is 17.5 Å². The number of amides is 2. The van der Waals surface area contributed by atoms with Crippen molar-refractivity contribution < 1.29 is 18.8 Å². The van der Waals surface area contributed by atoms with Crippen molar-refractivity contribution in [1.29, 1.82) is 0 Å². The number of carbonyl (C=O) groups excluding carboxylic acids is 2. The Morgan fingerprint density at radius 2 is 2.27 bits per heavy atom. The molecule has 8 heteroatoms. The molecule has 1 fully saturated rings. The van der Waals surface area contributed by atoms with Gasteiger partial charge in [-0.25, -0.2) is 0 Å². The molecule has 1 N–H and O–H groups in total. The maximum atomic E-state index is 12.4. The van der Waals surface area contributed by atoms with Crippen LogP contribution in [0.15, 0.2) is 10.6 Å². The third kappa shape index (κ3) is 4.05. The Balaban J connectivity index is 1.98.